The fourth-order valence-corrected chi connectivity index (χ4v) is 1.84. The molecule has 1 rings (SSSR count). The zero-order valence-corrected chi connectivity index (χ0v) is 8.28. The van der Waals surface area contributed by atoms with Crippen LogP contribution in [0.15, 0.2) is 0 Å². The minimum absolute atomic E-state index is 0.0708. The molecule has 1 aliphatic carbocycles. The fourth-order valence-electron chi connectivity index (χ4n) is 1.84. The summed E-state index contributed by atoms with van der Waals surface area (Å²) >= 11 is 0. The van der Waals surface area contributed by atoms with Gasteiger partial charge in [-0.15, -0.1) is 0 Å². The Kier molecular flexibility index (Phi) is 4.77. The summed E-state index contributed by atoms with van der Waals surface area (Å²) < 4.78 is 5.60. The Morgan fingerprint density at radius 3 is 2.31 bits per heavy atom. The van der Waals surface area contributed by atoms with Crippen molar-refractivity contribution in [2.24, 2.45) is 0 Å². The average molecular weight is 186 g/mol. The van der Waals surface area contributed by atoms with Crippen LogP contribution in [-0.2, 0) is 4.74 Å². The second kappa shape index (κ2) is 5.63. The minimum Gasteiger partial charge on any atom is -0.427 e. The summed E-state index contributed by atoms with van der Waals surface area (Å²) in [5.74, 6) is 0.0708. The zero-order valence-electron chi connectivity index (χ0n) is 8.28. The quantitative estimate of drug-likeness (QED) is 0.648. The summed E-state index contributed by atoms with van der Waals surface area (Å²) in [6, 6.07) is 0. The van der Waals surface area contributed by atoms with Crippen molar-refractivity contribution in [2.75, 3.05) is 6.61 Å². The molecule has 1 fully saturated rings. The summed E-state index contributed by atoms with van der Waals surface area (Å²) in [7, 11) is -1.13. The topological polar surface area (TPSA) is 49.7 Å². The van der Waals surface area contributed by atoms with E-state index in [0.29, 0.717) is 6.10 Å². The first kappa shape index (κ1) is 11.0. The van der Waals surface area contributed by atoms with Gasteiger partial charge in [0.25, 0.3) is 0 Å². The molecule has 13 heavy (non-hydrogen) atoms. The normalized spacial score (nSPS) is 28.8. The Morgan fingerprint density at radius 1 is 1.23 bits per heavy atom. The Labute approximate surface area is 80.2 Å². The van der Waals surface area contributed by atoms with Crippen molar-refractivity contribution in [1.29, 1.82) is 0 Å². The predicted octanol–water partition coefficient (Wildman–Crippen LogP) is 1.20. The average Bonchev–Trinajstić information content (AvgIpc) is 2.15. The number of rotatable bonds is 4. The lowest BCUT2D eigenvalue weighted by molar-refractivity contribution is 0.0273. The van der Waals surface area contributed by atoms with Crippen molar-refractivity contribution in [1.82, 2.24) is 0 Å². The zero-order chi connectivity index (χ0) is 9.68. The highest BCUT2D eigenvalue weighted by Gasteiger charge is 2.29. The standard InChI is InChI=1S/C9H19BO3/c1-2-7-13-9-5-3-8(4-6-9)10(11)12/h8-9,11-12H,2-7H2,1H3. The van der Waals surface area contributed by atoms with Crippen molar-refractivity contribution in [3.8, 4) is 0 Å². The van der Waals surface area contributed by atoms with Crippen LogP contribution in [0.5, 0.6) is 0 Å². The molecule has 0 spiro atoms. The van der Waals surface area contributed by atoms with Crippen LogP contribution in [0.2, 0.25) is 5.82 Å². The maximum Gasteiger partial charge on any atom is 0.454 e. The fraction of sp³-hybridized carbons (Fsp3) is 1.00. The molecule has 0 aromatic carbocycles. The van der Waals surface area contributed by atoms with Crippen LogP contribution < -0.4 is 0 Å². The molecule has 0 atom stereocenters. The molecular formula is C9H19BO3. The molecule has 0 aliphatic heterocycles. The summed E-state index contributed by atoms with van der Waals surface area (Å²) in [6.45, 7) is 2.93. The second-order valence-electron chi connectivity index (χ2n) is 3.82. The van der Waals surface area contributed by atoms with Gasteiger partial charge in [-0.3, -0.25) is 0 Å². The van der Waals surface area contributed by atoms with E-state index in [1.165, 1.54) is 0 Å². The van der Waals surface area contributed by atoms with Crippen LogP contribution >= 0.6 is 0 Å². The second-order valence-corrected chi connectivity index (χ2v) is 3.82. The maximum absolute atomic E-state index is 8.95. The Bertz CT molecular complexity index is 133. The van der Waals surface area contributed by atoms with E-state index in [1.54, 1.807) is 0 Å². The van der Waals surface area contributed by atoms with Crippen molar-refractivity contribution >= 4 is 7.12 Å². The van der Waals surface area contributed by atoms with Gasteiger partial charge in [0.15, 0.2) is 0 Å². The van der Waals surface area contributed by atoms with Gasteiger partial charge >= 0.3 is 7.12 Å². The lowest BCUT2D eigenvalue weighted by Crippen LogP contribution is -2.28. The first-order valence-corrected chi connectivity index (χ1v) is 5.21. The molecule has 1 saturated carbocycles. The van der Waals surface area contributed by atoms with E-state index in [9.17, 15) is 0 Å². The molecule has 0 radical (unpaired) electrons. The van der Waals surface area contributed by atoms with E-state index in [1.807, 2.05) is 0 Å². The first-order chi connectivity index (χ1) is 6.24. The minimum atomic E-state index is -1.13. The molecule has 2 N–H and O–H groups in total. The SMILES string of the molecule is CCCOC1CCC(B(O)O)CC1. The van der Waals surface area contributed by atoms with Gasteiger partial charge in [-0.25, -0.2) is 0 Å². The van der Waals surface area contributed by atoms with E-state index in [0.717, 1.165) is 38.7 Å². The molecule has 0 amide bonds. The molecule has 0 saturated heterocycles. The van der Waals surface area contributed by atoms with Crippen molar-refractivity contribution in [3.63, 3.8) is 0 Å². The van der Waals surface area contributed by atoms with Gasteiger partial charge in [-0.05, 0) is 37.9 Å². The van der Waals surface area contributed by atoms with Gasteiger partial charge in [-0.2, -0.15) is 0 Å². The first-order valence-electron chi connectivity index (χ1n) is 5.21. The summed E-state index contributed by atoms with van der Waals surface area (Å²) in [5, 5.41) is 17.9. The highest BCUT2D eigenvalue weighted by molar-refractivity contribution is 6.43. The molecular weight excluding hydrogens is 167 g/mol. The lowest BCUT2D eigenvalue weighted by Gasteiger charge is -2.27. The summed E-state index contributed by atoms with van der Waals surface area (Å²) in [6.07, 6.45) is 5.13. The molecule has 0 aromatic rings. The molecule has 0 unspecified atom stereocenters. The molecule has 0 bridgehead atoms. The lowest BCUT2D eigenvalue weighted by atomic mass is 9.65. The third-order valence-corrected chi connectivity index (χ3v) is 2.70. The summed E-state index contributed by atoms with van der Waals surface area (Å²) in [4.78, 5) is 0. The molecule has 0 heterocycles. The van der Waals surface area contributed by atoms with Gasteiger partial charge < -0.3 is 14.8 Å². The molecule has 1 aliphatic rings. The van der Waals surface area contributed by atoms with Crippen LogP contribution in [-0.4, -0.2) is 29.9 Å². The highest BCUT2D eigenvalue weighted by atomic mass is 16.5. The molecule has 3 nitrogen and oxygen atoms in total. The maximum atomic E-state index is 8.95. The molecule has 4 heteroatoms. The third-order valence-electron chi connectivity index (χ3n) is 2.70. The van der Waals surface area contributed by atoms with Gasteiger partial charge in [0, 0.05) is 6.61 Å². The van der Waals surface area contributed by atoms with Crippen molar-refractivity contribution < 1.29 is 14.8 Å². The third kappa shape index (κ3) is 3.67. The predicted molar refractivity (Wildman–Crippen MR) is 52.4 cm³/mol. The monoisotopic (exact) mass is 186 g/mol. The van der Waals surface area contributed by atoms with Crippen LogP contribution in [0.1, 0.15) is 39.0 Å². The highest BCUT2D eigenvalue weighted by Crippen LogP contribution is 2.31. The summed E-state index contributed by atoms with van der Waals surface area (Å²) in [5.41, 5.74) is 0. The van der Waals surface area contributed by atoms with E-state index in [4.69, 9.17) is 14.8 Å². The number of hydrogen-bond donors (Lipinski definition) is 2. The van der Waals surface area contributed by atoms with Crippen LogP contribution in [0.3, 0.4) is 0 Å². The van der Waals surface area contributed by atoms with E-state index in [-0.39, 0.29) is 5.82 Å². The van der Waals surface area contributed by atoms with Gasteiger partial charge in [0.2, 0.25) is 0 Å². The van der Waals surface area contributed by atoms with Gasteiger partial charge in [0.05, 0.1) is 6.10 Å². The Hall–Kier alpha value is -0.0551. The van der Waals surface area contributed by atoms with E-state index >= 15 is 0 Å². The van der Waals surface area contributed by atoms with E-state index < -0.39 is 7.12 Å². The van der Waals surface area contributed by atoms with Crippen molar-refractivity contribution in [3.05, 3.63) is 0 Å². The van der Waals surface area contributed by atoms with Crippen molar-refractivity contribution in [2.45, 2.75) is 50.9 Å². The van der Waals surface area contributed by atoms with E-state index in [2.05, 4.69) is 6.92 Å². The smallest absolute Gasteiger partial charge is 0.427 e. The van der Waals surface area contributed by atoms with Crippen LogP contribution in [0.4, 0.5) is 0 Å². The Morgan fingerprint density at radius 2 is 1.85 bits per heavy atom. The van der Waals surface area contributed by atoms with Gasteiger partial charge in [-0.1, -0.05) is 6.92 Å². The molecule has 76 valence electrons. The van der Waals surface area contributed by atoms with Crippen LogP contribution in [0.25, 0.3) is 0 Å². The number of ether oxygens (including phenoxy) is 1. The Balaban J connectivity index is 2.15. The number of hydrogen-bond acceptors (Lipinski definition) is 3. The largest absolute Gasteiger partial charge is 0.454 e. The van der Waals surface area contributed by atoms with Crippen LogP contribution in [0, 0.1) is 0 Å². The van der Waals surface area contributed by atoms with Gasteiger partial charge in [0.1, 0.15) is 0 Å². The molecule has 0 aromatic heterocycles.